The largest absolute Gasteiger partial charge is 0.466 e. The van der Waals surface area contributed by atoms with E-state index in [0.29, 0.717) is 17.6 Å². The van der Waals surface area contributed by atoms with Gasteiger partial charge in [-0.25, -0.2) is 4.79 Å². The molecule has 0 radical (unpaired) electrons. The summed E-state index contributed by atoms with van der Waals surface area (Å²) in [5.41, 5.74) is 9.34. The minimum atomic E-state index is -0.476. The molecular weight excluding hydrogens is 184 g/mol. The molecule has 0 bridgehead atoms. The van der Waals surface area contributed by atoms with E-state index in [-0.39, 0.29) is 17.9 Å². The summed E-state index contributed by atoms with van der Waals surface area (Å²) in [7, 11) is 1.27. The monoisotopic (exact) mass is 194 g/mol. The molecule has 0 atom stereocenters. The third-order valence-electron chi connectivity index (χ3n) is 2.21. The summed E-state index contributed by atoms with van der Waals surface area (Å²) in [4.78, 5) is 25.3. The highest BCUT2D eigenvalue weighted by atomic mass is 16.5. The fraction of sp³-hybridized carbons (Fsp3) is 0.444. The molecule has 0 spiro atoms. The van der Waals surface area contributed by atoms with Crippen molar-refractivity contribution in [1.29, 1.82) is 0 Å². The van der Waals surface area contributed by atoms with Crippen LogP contribution in [0.5, 0.6) is 0 Å². The Morgan fingerprint density at radius 1 is 1.50 bits per heavy atom. The highest BCUT2D eigenvalue weighted by Gasteiger charge is 2.32. The number of ether oxygens (including phenoxy) is 1. The van der Waals surface area contributed by atoms with Crippen LogP contribution >= 0.6 is 0 Å². The van der Waals surface area contributed by atoms with Crippen molar-refractivity contribution in [3.05, 3.63) is 16.7 Å². The smallest absolute Gasteiger partial charge is 0.361 e. The minimum Gasteiger partial charge on any atom is -0.466 e. The molecule has 0 aromatic rings. The zero-order valence-electron chi connectivity index (χ0n) is 8.03. The molecule has 0 heterocycles. The standard InChI is InChI=1S/C9H10N2O3/c1-5-6(9(13)14-2)3-4-7(12)8(5)11-10/h3-4H2,1-2H3. The van der Waals surface area contributed by atoms with Crippen molar-refractivity contribution in [2.24, 2.45) is 0 Å². The van der Waals surface area contributed by atoms with Gasteiger partial charge in [0.15, 0.2) is 0 Å². The van der Waals surface area contributed by atoms with Crippen LogP contribution in [0.15, 0.2) is 11.1 Å². The van der Waals surface area contributed by atoms with Gasteiger partial charge in [-0.3, -0.25) is 4.79 Å². The molecule has 14 heavy (non-hydrogen) atoms. The minimum absolute atomic E-state index is 0.0448. The predicted octanol–water partition coefficient (Wildman–Crippen LogP) is 0.510. The number of esters is 1. The molecular formula is C9H10N2O3. The molecule has 1 aliphatic rings. The lowest BCUT2D eigenvalue weighted by atomic mass is 9.90. The Morgan fingerprint density at radius 3 is 2.64 bits per heavy atom. The van der Waals surface area contributed by atoms with Crippen LogP contribution in [0.3, 0.4) is 0 Å². The number of hydrogen-bond donors (Lipinski definition) is 0. The summed E-state index contributed by atoms with van der Waals surface area (Å²) in [6.07, 6.45) is 0.525. The van der Waals surface area contributed by atoms with Crippen molar-refractivity contribution in [3.63, 3.8) is 0 Å². The van der Waals surface area contributed by atoms with Crippen LogP contribution in [0.4, 0.5) is 0 Å². The van der Waals surface area contributed by atoms with E-state index in [1.807, 2.05) is 0 Å². The van der Waals surface area contributed by atoms with Gasteiger partial charge in [0.2, 0.25) is 5.78 Å². The maximum Gasteiger partial charge on any atom is 0.361 e. The molecule has 0 unspecified atom stereocenters. The first kappa shape index (κ1) is 10.3. The number of methoxy groups -OCH3 is 1. The van der Waals surface area contributed by atoms with E-state index in [4.69, 9.17) is 5.53 Å². The summed E-state index contributed by atoms with van der Waals surface area (Å²) in [5, 5.41) is 0. The highest BCUT2D eigenvalue weighted by molar-refractivity contribution is 6.45. The van der Waals surface area contributed by atoms with Crippen LogP contribution < -0.4 is 0 Å². The molecule has 5 heteroatoms. The van der Waals surface area contributed by atoms with E-state index in [9.17, 15) is 9.59 Å². The Kier molecular flexibility index (Phi) is 2.94. The van der Waals surface area contributed by atoms with Crippen LogP contribution in [0.2, 0.25) is 0 Å². The molecule has 0 N–H and O–H groups in total. The summed E-state index contributed by atoms with van der Waals surface area (Å²) in [6, 6.07) is 0. The van der Waals surface area contributed by atoms with Crippen molar-refractivity contribution in [2.75, 3.05) is 7.11 Å². The zero-order valence-corrected chi connectivity index (χ0v) is 8.03. The Balaban J connectivity index is 3.19. The Hall–Kier alpha value is -1.74. The molecule has 0 aliphatic heterocycles. The van der Waals surface area contributed by atoms with E-state index in [2.05, 4.69) is 9.53 Å². The van der Waals surface area contributed by atoms with Gasteiger partial charge < -0.3 is 10.3 Å². The van der Waals surface area contributed by atoms with Gasteiger partial charge in [0.25, 0.3) is 0 Å². The second kappa shape index (κ2) is 3.98. The van der Waals surface area contributed by atoms with Gasteiger partial charge in [-0.15, -0.1) is 0 Å². The molecule has 1 rings (SSSR count). The van der Waals surface area contributed by atoms with Gasteiger partial charge in [-0.05, 0) is 13.3 Å². The fourth-order valence-corrected chi connectivity index (χ4v) is 1.41. The van der Waals surface area contributed by atoms with E-state index < -0.39 is 5.97 Å². The summed E-state index contributed by atoms with van der Waals surface area (Å²) >= 11 is 0. The van der Waals surface area contributed by atoms with Gasteiger partial charge in [0.05, 0.1) is 12.7 Å². The number of hydrogen-bond acceptors (Lipinski definition) is 3. The number of carbonyl (C=O) groups is 2. The normalized spacial score (nSPS) is 16.7. The van der Waals surface area contributed by atoms with Crippen LogP contribution in [0.1, 0.15) is 19.8 Å². The zero-order chi connectivity index (χ0) is 10.7. The Labute approximate surface area is 81.0 Å². The number of Topliss-reactive ketones (excluding diaryl/α,β-unsaturated/α-hetero) is 1. The number of nitrogens with zero attached hydrogens (tertiary/aromatic N) is 2. The third kappa shape index (κ3) is 1.63. The maximum atomic E-state index is 11.2. The molecule has 0 amide bonds. The van der Waals surface area contributed by atoms with Crippen molar-refractivity contribution in [2.45, 2.75) is 19.8 Å². The average Bonchev–Trinajstić information content (AvgIpc) is 2.18. The first-order chi connectivity index (χ1) is 6.61. The van der Waals surface area contributed by atoms with Gasteiger partial charge >= 0.3 is 11.7 Å². The van der Waals surface area contributed by atoms with Crippen LogP contribution in [-0.2, 0) is 14.3 Å². The number of rotatable bonds is 1. The second-order valence-electron chi connectivity index (χ2n) is 2.97. The van der Waals surface area contributed by atoms with Crippen molar-refractivity contribution in [1.82, 2.24) is 0 Å². The van der Waals surface area contributed by atoms with Gasteiger partial charge in [-0.1, -0.05) is 0 Å². The second-order valence-corrected chi connectivity index (χ2v) is 2.97. The predicted molar refractivity (Wildman–Crippen MR) is 47.6 cm³/mol. The molecule has 5 nitrogen and oxygen atoms in total. The van der Waals surface area contributed by atoms with Gasteiger partial charge in [-0.2, -0.15) is 4.79 Å². The molecule has 0 saturated carbocycles. The Morgan fingerprint density at radius 2 is 2.14 bits per heavy atom. The number of carbonyl (C=O) groups excluding carboxylic acids is 2. The maximum absolute atomic E-state index is 11.2. The van der Waals surface area contributed by atoms with Gasteiger partial charge in [0, 0.05) is 12.0 Å². The van der Waals surface area contributed by atoms with E-state index in [0.717, 1.165) is 0 Å². The quantitative estimate of drug-likeness (QED) is 0.346. The number of ketones is 1. The topological polar surface area (TPSA) is 79.8 Å². The van der Waals surface area contributed by atoms with Crippen LogP contribution in [0, 0.1) is 0 Å². The Bertz CT molecular complexity index is 376. The first-order valence-electron chi connectivity index (χ1n) is 4.15. The molecule has 0 aromatic carbocycles. The number of allylic oxidation sites excluding steroid dienone is 1. The molecule has 74 valence electrons. The van der Waals surface area contributed by atoms with Crippen molar-refractivity contribution < 1.29 is 19.1 Å². The van der Waals surface area contributed by atoms with Crippen molar-refractivity contribution >= 4 is 17.5 Å². The lowest BCUT2D eigenvalue weighted by Gasteiger charge is -2.10. The van der Waals surface area contributed by atoms with E-state index in [1.165, 1.54) is 7.11 Å². The molecule has 1 aliphatic carbocycles. The van der Waals surface area contributed by atoms with E-state index >= 15 is 0 Å². The van der Waals surface area contributed by atoms with Crippen LogP contribution in [0.25, 0.3) is 5.53 Å². The average molecular weight is 194 g/mol. The van der Waals surface area contributed by atoms with Crippen molar-refractivity contribution in [3.8, 4) is 0 Å². The lowest BCUT2D eigenvalue weighted by molar-refractivity contribution is -0.136. The van der Waals surface area contributed by atoms with Gasteiger partial charge in [0.1, 0.15) is 0 Å². The highest BCUT2D eigenvalue weighted by Crippen LogP contribution is 2.20. The summed E-state index contributed by atoms with van der Waals surface area (Å²) < 4.78 is 4.54. The third-order valence-corrected chi connectivity index (χ3v) is 2.21. The summed E-state index contributed by atoms with van der Waals surface area (Å²) in [6.45, 7) is 1.57. The van der Waals surface area contributed by atoms with E-state index in [1.54, 1.807) is 6.92 Å². The molecule has 0 saturated heterocycles. The fourth-order valence-electron chi connectivity index (χ4n) is 1.41. The van der Waals surface area contributed by atoms with Crippen LogP contribution in [-0.4, -0.2) is 29.4 Å². The first-order valence-corrected chi connectivity index (χ1v) is 4.15. The summed E-state index contributed by atoms with van der Waals surface area (Å²) in [5.74, 6) is -0.728. The molecule has 0 aromatic heterocycles. The molecule has 0 fully saturated rings. The SMILES string of the molecule is COC(=O)C1=C(C)C(=[N+]=[N-])C(=O)CC1. The lowest BCUT2D eigenvalue weighted by Crippen LogP contribution is -2.25.